The average Bonchev–Trinajstić information content (AvgIpc) is 3.16. The summed E-state index contributed by atoms with van der Waals surface area (Å²) in [6.45, 7) is 26.6. The van der Waals surface area contributed by atoms with Crippen LogP contribution in [-0.2, 0) is 25.9 Å². The monoisotopic (exact) mass is 579 g/mol. The molecule has 1 aliphatic carbocycles. The summed E-state index contributed by atoms with van der Waals surface area (Å²) >= 11 is 0. The molecule has 1 saturated heterocycles. The fourth-order valence-corrected chi connectivity index (χ4v) is 8.03. The number of pyridine rings is 1. The van der Waals surface area contributed by atoms with Crippen LogP contribution in [0.1, 0.15) is 133 Å². The quantitative estimate of drug-likeness (QED) is 0.319. The molecule has 0 N–H and O–H groups in total. The molecule has 3 aliphatic rings. The summed E-state index contributed by atoms with van der Waals surface area (Å²) in [7, 11) is -2.06. The van der Waals surface area contributed by atoms with Crippen LogP contribution in [0.2, 0.25) is 18.1 Å². The first-order valence-corrected chi connectivity index (χ1v) is 18.7. The number of hydrogen-bond acceptors (Lipinski definition) is 5. The van der Waals surface area contributed by atoms with Gasteiger partial charge < -0.3 is 18.6 Å². The Balaban J connectivity index is 1.74. The van der Waals surface area contributed by atoms with Crippen molar-refractivity contribution in [1.82, 2.24) is 4.98 Å². The first-order valence-electron chi connectivity index (χ1n) is 15.8. The van der Waals surface area contributed by atoms with Crippen LogP contribution in [0.4, 0.5) is 0 Å². The van der Waals surface area contributed by atoms with Crippen molar-refractivity contribution in [2.75, 3.05) is 13.2 Å². The second-order valence-electron chi connectivity index (χ2n) is 15.6. The highest BCUT2D eigenvalue weighted by Crippen LogP contribution is 2.59. The van der Waals surface area contributed by atoms with Gasteiger partial charge in [-0.2, -0.15) is 0 Å². The van der Waals surface area contributed by atoms with Gasteiger partial charge in [-0.25, -0.2) is 0 Å². The van der Waals surface area contributed by atoms with E-state index in [2.05, 4.69) is 99.7 Å². The molecule has 41 heavy (non-hydrogen) atoms. The van der Waals surface area contributed by atoms with Crippen molar-refractivity contribution in [2.24, 2.45) is 5.41 Å². The number of hydrogen-bond donors (Lipinski definition) is 0. The zero-order valence-electron chi connectivity index (χ0n) is 27.4. The summed E-state index contributed by atoms with van der Waals surface area (Å²) < 4.78 is 26.6. The molecule has 5 rings (SSSR count). The number of rotatable bonds is 6. The van der Waals surface area contributed by atoms with Crippen LogP contribution < -0.4 is 4.74 Å². The van der Waals surface area contributed by atoms with E-state index in [9.17, 15) is 0 Å². The maximum absolute atomic E-state index is 7.35. The molecule has 226 valence electrons. The van der Waals surface area contributed by atoms with Crippen LogP contribution in [0.15, 0.2) is 24.3 Å². The number of nitrogens with zero attached hydrogens (tertiary/aromatic N) is 1. The molecule has 6 heteroatoms. The molecule has 5 nitrogen and oxygen atoms in total. The van der Waals surface area contributed by atoms with Gasteiger partial charge in [0, 0.05) is 48.6 Å². The van der Waals surface area contributed by atoms with E-state index in [0.29, 0.717) is 13.2 Å². The molecule has 1 spiro atoms. The van der Waals surface area contributed by atoms with Gasteiger partial charge in [0.25, 0.3) is 0 Å². The molecule has 0 radical (unpaired) electrons. The van der Waals surface area contributed by atoms with Crippen LogP contribution in [0.5, 0.6) is 5.75 Å². The van der Waals surface area contributed by atoms with E-state index >= 15 is 0 Å². The third kappa shape index (κ3) is 5.79. The molecule has 0 amide bonds. The molecular formula is C35H53NO4Si. The van der Waals surface area contributed by atoms with Gasteiger partial charge >= 0.3 is 0 Å². The summed E-state index contributed by atoms with van der Waals surface area (Å²) in [5.41, 5.74) is 7.27. The highest BCUT2D eigenvalue weighted by molar-refractivity contribution is 6.74. The van der Waals surface area contributed by atoms with Crippen LogP contribution in [0.25, 0.3) is 0 Å². The maximum atomic E-state index is 7.35. The van der Waals surface area contributed by atoms with Crippen molar-refractivity contribution in [3.63, 3.8) is 0 Å². The summed E-state index contributed by atoms with van der Waals surface area (Å²) in [6, 6.07) is 8.53. The molecular weight excluding hydrogens is 526 g/mol. The minimum Gasteiger partial charge on any atom is -0.491 e. The Hall–Kier alpha value is -1.73. The SMILES string of the molecule is CC(C)Oc1ccc([C@H]2OC3(CCOCC3)c3c4c(nc(C(C)C)c32)CC(C)(C)CC4O[Si](C)(C)C(C)(C)C)cc1. The largest absolute Gasteiger partial charge is 0.491 e. The Morgan fingerprint density at radius 1 is 0.976 bits per heavy atom. The number of fused-ring (bicyclic) bond motifs is 4. The fourth-order valence-electron chi connectivity index (χ4n) is 6.76. The van der Waals surface area contributed by atoms with E-state index < -0.39 is 13.9 Å². The summed E-state index contributed by atoms with van der Waals surface area (Å²) in [6.07, 6.45) is 3.66. The standard InChI is InChI=1S/C35H53NO4Si/c1-22(2)31-29-30(28-26(36-31)20-34(8,9)21-27(28)40-41(10,11)33(5,6)7)35(16-18-37-19-17-35)39-32(29)24-12-14-25(15-13-24)38-23(3)4/h12-15,22-23,27,32H,16-21H2,1-11H3/t27?,32-/m1/s1. The van der Waals surface area contributed by atoms with Gasteiger partial charge in [-0.1, -0.05) is 60.6 Å². The molecule has 1 aromatic carbocycles. The van der Waals surface area contributed by atoms with Gasteiger partial charge in [0.2, 0.25) is 0 Å². The third-order valence-electron chi connectivity index (χ3n) is 9.79. The average molecular weight is 580 g/mol. The Bertz CT molecular complexity index is 1250. The van der Waals surface area contributed by atoms with Gasteiger partial charge in [-0.05, 0) is 79.4 Å². The summed E-state index contributed by atoms with van der Waals surface area (Å²) in [5, 5.41) is 0.123. The van der Waals surface area contributed by atoms with Crippen molar-refractivity contribution in [1.29, 1.82) is 0 Å². The summed E-state index contributed by atoms with van der Waals surface area (Å²) in [5.74, 6) is 1.17. The van der Waals surface area contributed by atoms with E-state index in [1.54, 1.807) is 0 Å². The highest BCUT2D eigenvalue weighted by atomic mass is 28.4. The summed E-state index contributed by atoms with van der Waals surface area (Å²) in [4.78, 5) is 5.53. The van der Waals surface area contributed by atoms with Crippen LogP contribution >= 0.6 is 0 Å². The minimum atomic E-state index is -2.06. The lowest BCUT2D eigenvalue weighted by Gasteiger charge is -2.46. The number of benzene rings is 1. The second-order valence-corrected chi connectivity index (χ2v) is 20.3. The van der Waals surface area contributed by atoms with Crippen molar-refractivity contribution < 1.29 is 18.6 Å². The Morgan fingerprint density at radius 2 is 1.61 bits per heavy atom. The topological polar surface area (TPSA) is 49.8 Å². The van der Waals surface area contributed by atoms with Gasteiger partial charge in [0.05, 0.1) is 17.8 Å². The Kier molecular flexibility index (Phi) is 8.06. The number of ether oxygens (including phenoxy) is 3. The third-order valence-corrected chi connectivity index (χ3v) is 14.3. The molecule has 1 unspecified atom stereocenters. The van der Waals surface area contributed by atoms with Gasteiger partial charge in [-0.3, -0.25) is 4.98 Å². The molecule has 3 heterocycles. The predicted molar refractivity (Wildman–Crippen MR) is 168 cm³/mol. The van der Waals surface area contributed by atoms with E-state index in [0.717, 1.165) is 37.0 Å². The van der Waals surface area contributed by atoms with Crippen molar-refractivity contribution >= 4 is 8.32 Å². The fraction of sp³-hybridized carbons (Fsp3) is 0.686. The normalized spacial score (nSPS) is 23.6. The van der Waals surface area contributed by atoms with E-state index in [-0.39, 0.29) is 34.7 Å². The molecule has 2 aromatic rings. The highest BCUT2D eigenvalue weighted by Gasteiger charge is 2.53. The second kappa shape index (κ2) is 10.8. The lowest BCUT2D eigenvalue weighted by atomic mass is 9.70. The molecule has 0 bridgehead atoms. The minimum absolute atomic E-state index is 0.0148. The predicted octanol–water partition coefficient (Wildman–Crippen LogP) is 9.15. The van der Waals surface area contributed by atoms with Crippen molar-refractivity contribution in [3.8, 4) is 5.75 Å². The first-order chi connectivity index (χ1) is 19.0. The van der Waals surface area contributed by atoms with Crippen LogP contribution in [0, 0.1) is 5.41 Å². The smallest absolute Gasteiger partial charge is 0.192 e. The van der Waals surface area contributed by atoms with E-state index in [1.807, 2.05) is 0 Å². The Morgan fingerprint density at radius 3 is 2.17 bits per heavy atom. The molecule has 1 fully saturated rings. The van der Waals surface area contributed by atoms with Gasteiger partial charge in [0.15, 0.2) is 8.32 Å². The van der Waals surface area contributed by atoms with Gasteiger partial charge in [-0.15, -0.1) is 0 Å². The maximum Gasteiger partial charge on any atom is 0.192 e. The molecule has 2 atom stereocenters. The Labute approximate surface area is 249 Å². The molecule has 2 aliphatic heterocycles. The lowest BCUT2D eigenvalue weighted by Crippen LogP contribution is -2.45. The zero-order chi connectivity index (χ0) is 30.0. The molecule has 1 aromatic heterocycles. The first kappa shape index (κ1) is 30.7. The van der Waals surface area contributed by atoms with Crippen molar-refractivity contribution in [2.45, 2.75) is 136 Å². The van der Waals surface area contributed by atoms with Crippen LogP contribution in [0.3, 0.4) is 0 Å². The number of aromatic nitrogens is 1. The zero-order valence-corrected chi connectivity index (χ0v) is 28.4. The van der Waals surface area contributed by atoms with E-state index in [1.165, 1.54) is 28.1 Å². The molecule has 0 saturated carbocycles. The van der Waals surface area contributed by atoms with E-state index in [4.69, 9.17) is 23.6 Å². The lowest BCUT2D eigenvalue weighted by molar-refractivity contribution is -0.122. The van der Waals surface area contributed by atoms with Crippen LogP contribution in [-0.4, -0.2) is 32.6 Å². The van der Waals surface area contributed by atoms with Gasteiger partial charge in [0.1, 0.15) is 11.9 Å². The van der Waals surface area contributed by atoms with Crippen molar-refractivity contribution in [3.05, 3.63) is 57.9 Å².